The Kier molecular flexibility index (Phi) is 6.24. The first-order valence-corrected chi connectivity index (χ1v) is 8.42. The number of nitrogens with zero attached hydrogens (tertiary/aromatic N) is 2. The van der Waals surface area contributed by atoms with Crippen molar-refractivity contribution >= 4 is 17.5 Å². The molecule has 0 aliphatic carbocycles. The summed E-state index contributed by atoms with van der Waals surface area (Å²) in [7, 11) is 0. The van der Waals surface area contributed by atoms with E-state index >= 15 is 0 Å². The van der Waals surface area contributed by atoms with Crippen LogP contribution in [0.2, 0.25) is 5.02 Å². The molecule has 0 radical (unpaired) electrons. The van der Waals surface area contributed by atoms with Crippen LogP contribution in [0.25, 0.3) is 0 Å². The fourth-order valence-corrected chi connectivity index (χ4v) is 3.22. The van der Waals surface area contributed by atoms with E-state index in [0.717, 1.165) is 43.3 Å². The molecule has 1 aromatic carbocycles. The van der Waals surface area contributed by atoms with Gasteiger partial charge >= 0.3 is 0 Å². The first-order chi connectivity index (χ1) is 10.5. The fraction of sp³-hybridized carbons (Fsp3) is 0.588. The lowest BCUT2D eigenvalue weighted by Crippen LogP contribution is -2.53. The first kappa shape index (κ1) is 17.3. The van der Waals surface area contributed by atoms with Gasteiger partial charge in [0, 0.05) is 37.2 Å². The summed E-state index contributed by atoms with van der Waals surface area (Å²) in [4.78, 5) is 16.9. The van der Waals surface area contributed by atoms with Crippen LogP contribution in [0.15, 0.2) is 24.3 Å². The molecule has 1 N–H and O–H groups in total. The Morgan fingerprint density at radius 2 is 1.86 bits per heavy atom. The molecule has 1 fully saturated rings. The van der Waals surface area contributed by atoms with E-state index in [1.54, 1.807) is 0 Å². The van der Waals surface area contributed by atoms with Crippen LogP contribution in [0.3, 0.4) is 0 Å². The number of piperazine rings is 1. The number of likely N-dealkylation sites (N-methyl/N-ethyl adjacent to an activating group) is 1. The van der Waals surface area contributed by atoms with Crippen molar-refractivity contribution < 1.29 is 4.79 Å². The summed E-state index contributed by atoms with van der Waals surface area (Å²) in [6, 6.07) is 7.60. The third-order valence-corrected chi connectivity index (χ3v) is 4.72. The van der Waals surface area contributed by atoms with Gasteiger partial charge in [-0.05, 0) is 32.0 Å². The van der Waals surface area contributed by atoms with Gasteiger partial charge in [-0.2, -0.15) is 0 Å². The molecule has 5 heteroatoms. The molecule has 122 valence electrons. The van der Waals surface area contributed by atoms with Gasteiger partial charge in [0.05, 0.1) is 6.04 Å². The van der Waals surface area contributed by atoms with E-state index in [-0.39, 0.29) is 18.0 Å². The predicted octanol–water partition coefficient (Wildman–Crippen LogP) is 2.54. The van der Waals surface area contributed by atoms with Crippen LogP contribution in [-0.4, -0.2) is 54.5 Å². The molecule has 2 rings (SSSR count). The minimum absolute atomic E-state index is 0.0459. The van der Waals surface area contributed by atoms with E-state index in [9.17, 15) is 4.79 Å². The molecule has 1 aliphatic rings. The highest BCUT2D eigenvalue weighted by Gasteiger charge is 2.25. The molecule has 0 bridgehead atoms. The van der Waals surface area contributed by atoms with Gasteiger partial charge in [-0.1, -0.05) is 36.7 Å². The zero-order valence-electron chi connectivity index (χ0n) is 13.7. The summed E-state index contributed by atoms with van der Waals surface area (Å²) in [5.41, 5.74) is 1.03. The van der Waals surface area contributed by atoms with Crippen LogP contribution in [-0.2, 0) is 4.79 Å². The Morgan fingerprint density at radius 1 is 1.23 bits per heavy atom. The van der Waals surface area contributed by atoms with Crippen molar-refractivity contribution in [2.45, 2.75) is 32.9 Å². The van der Waals surface area contributed by atoms with E-state index in [0.29, 0.717) is 0 Å². The van der Waals surface area contributed by atoms with Crippen LogP contribution >= 0.6 is 11.6 Å². The smallest absolute Gasteiger partial charge is 0.239 e. The second-order valence-electron chi connectivity index (χ2n) is 5.89. The van der Waals surface area contributed by atoms with Gasteiger partial charge in [-0.25, -0.2) is 0 Å². The van der Waals surface area contributed by atoms with Crippen LogP contribution < -0.4 is 5.32 Å². The van der Waals surface area contributed by atoms with Crippen LogP contribution in [0.5, 0.6) is 0 Å². The summed E-state index contributed by atoms with van der Waals surface area (Å²) in [5, 5.41) is 4.10. The van der Waals surface area contributed by atoms with Crippen molar-refractivity contribution in [1.29, 1.82) is 0 Å². The third-order valence-electron chi connectivity index (χ3n) is 4.37. The number of carbonyl (C=O) groups is 1. The van der Waals surface area contributed by atoms with Crippen molar-refractivity contribution in [1.82, 2.24) is 15.1 Å². The zero-order chi connectivity index (χ0) is 16.1. The number of rotatable bonds is 5. The Bertz CT molecular complexity index is 500. The van der Waals surface area contributed by atoms with Crippen LogP contribution in [0.1, 0.15) is 32.4 Å². The highest BCUT2D eigenvalue weighted by Crippen LogP contribution is 2.22. The number of nitrogens with one attached hydrogen (secondary N) is 1. The fourth-order valence-electron chi connectivity index (χ4n) is 2.92. The van der Waals surface area contributed by atoms with Gasteiger partial charge in [0.2, 0.25) is 5.91 Å². The summed E-state index contributed by atoms with van der Waals surface area (Å²) in [6.45, 7) is 10.8. The molecule has 0 spiro atoms. The van der Waals surface area contributed by atoms with E-state index in [1.165, 1.54) is 0 Å². The van der Waals surface area contributed by atoms with Gasteiger partial charge in [0.1, 0.15) is 0 Å². The number of halogens is 1. The van der Waals surface area contributed by atoms with E-state index in [4.69, 9.17) is 11.6 Å². The molecule has 1 amide bonds. The van der Waals surface area contributed by atoms with E-state index < -0.39 is 0 Å². The largest absolute Gasteiger partial charge is 0.339 e. The summed E-state index contributed by atoms with van der Waals surface area (Å²) < 4.78 is 0. The van der Waals surface area contributed by atoms with E-state index in [1.807, 2.05) is 43.0 Å². The van der Waals surface area contributed by atoms with Crippen molar-refractivity contribution in [3.8, 4) is 0 Å². The quantitative estimate of drug-likeness (QED) is 0.904. The monoisotopic (exact) mass is 323 g/mol. The maximum atomic E-state index is 12.6. The predicted molar refractivity (Wildman–Crippen MR) is 91.2 cm³/mol. The van der Waals surface area contributed by atoms with Gasteiger partial charge in [-0.15, -0.1) is 0 Å². The molecule has 1 aliphatic heterocycles. The summed E-state index contributed by atoms with van der Waals surface area (Å²) >= 11 is 6.22. The first-order valence-electron chi connectivity index (χ1n) is 8.04. The highest BCUT2D eigenvalue weighted by atomic mass is 35.5. The average molecular weight is 324 g/mol. The maximum absolute atomic E-state index is 12.6. The minimum atomic E-state index is -0.209. The molecule has 22 heavy (non-hydrogen) atoms. The normalized spacial score (nSPS) is 19.0. The third kappa shape index (κ3) is 4.22. The number of carbonyl (C=O) groups excluding carboxylic acids is 1. The Morgan fingerprint density at radius 3 is 2.45 bits per heavy atom. The molecule has 1 aromatic rings. The maximum Gasteiger partial charge on any atom is 0.239 e. The molecular weight excluding hydrogens is 298 g/mol. The molecule has 2 atom stereocenters. The number of hydrogen-bond donors (Lipinski definition) is 1. The second kappa shape index (κ2) is 7.95. The Hall–Kier alpha value is -1.10. The number of amides is 1. The second-order valence-corrected chi connectivity index (χ2v) is 6.30. The highest BCUT2D eigenvalue weighted by molar-refractivity contribution is 6.31. The van der Waals surface area contributed by atoms with Crippen molar-refractivity contribution in [2.24, 2.45) is 0 Å². The standard InChI is InChI=1S/C17H26ClN3O/c1-4-20-9-11-21(12-10-20)17(22)14(3)19-13(2)15-7-5-6-8-16(15)18/h5-8,13-14,19H,4,9-12H2,1-3H3. The molecule has 1 heterocycles. The van der Waals surface area contributed by atoms with Crippen molar-refractivity contribution in [2.75, 3.05) is 32.7 Å². The SMILES string of the molecule is CCN1CCN(C(=O)C(C)NC(C)c2ccccc2Cl)CC1. The summed E-state index contributed by atoms with van der Waals surface area (Å²) in [5.74, 6) is 0.176. The molecule has 1 saturated heterocycles. The number of hydrogen-bond acceptors (Lipinski definition) is 3. The van der Waals surface area contributed by atoms with Crippen LogP contribution in [0, 0.1) is 0 Å². The van der Waals surface area contributed by atoms with Crippen molar-refractivity contribution in [3.05, 3.63) is 34.9 Å². The Labute approximate surface area is 138 Å². The topological polar surface area (TPSA) is 35.6 Å². The zero-order valence-corrected chi connectivity index (χ0v) is 14.4. The van der Waals surface area contributed by atoms with Crippen LogP contribution in [0.4, 0.5) is 0 Å². The van der Waals surface area contributed by atoms with E-state index in [2.05, 4.69) is 17.1 Å². The molecule has 2 unspecified atom stereocenters. The lowest BCUT2D eigenvalue weighted by Gasteiger charge is -2.36. The molecule has 0 saturated carbocycles. The molecule has 0 aromatic heterocycles. The lowest BCUT2D eigenvalue weighted by atomic mass is 10.1. The van der Waals surface area contributed by atoms with Gasteiger partial charge < -0.3 is 9.80 Å². The summed E-state index contributed by atoms with van der Waals surface area (Å²) in [6.07, 6.45) is 0. The molecule has 4 nitrogen and oxygen atoms in total. The van der Waals surface area contributed by atoms with Gasteiger partial charge in [0.25, 0.3) is 0 Å². The average Bonchev–Trinajstić information content (AvgIpc) is 2.54. The van der Waals surface area contributed by atoms with Gasteiger partial charge in [-0.3, -0.25) is 10.1 Å². The van der Waals surface area contributed by atoms with Crippen molar-refractivity contribution in [3.63, 3.8) is 0 Å². The minimum Gasteiger partial charge on any atom is -0.339 e. The molecular formula is C17H26ClN3O. The van der Waals surface area contributed by atoms with Gasteiger partial charge in [0.15, 0.2) is 0 Å². The Balaban J connectivity index is 1.90. The lowest BCUT2D eigenvalue weighted by molar-refractivity contribution is -0.135. The number of benzene rings is 1.